The fourth-order valence-corrected chi connectivity index (χ4v) is 6.43. The maximum atomic E-state index is 6.35. The minimum absolute atomic E-state index is 0.813. The Morgan fingerprint density at radius 2 is 1.71 bits per heavy atom. The van der Waals surface area contributed by atoms with Crippen molar-refractivity contribution in [2.75, 3.05) is 0 Å². The number of halogens is 2. The van der Waals surface area contributed by atoms with Crippen LogP contribution >= 0.6 is 23.2 Å². The van der Waals surface area contributed by atoms with Crippen LogP contribution in [0.25, 0.3) is 11.1 Å². The zero-order valence-electron chi connectivity index (χ0n) is 9.72. The van der Waals surface area contributed by atoms with Crippen LogP contribution in [0.15, 0.2) is 36.4 Å². The van der Waals surface area contributed by atoms with Crippen molar-refractivity contribution in [2.45, 2.75) is 13.1 Å². The first-order chi connectivity index (χ1) is 8.01. The van der Waals surface area contributed by atoms with Crippen molar-refractivity contribution in [1.29, 1.82) is 0 Å². The molecule has 3 heteroatoms. The van der Waals surface area contributed by atoms with Crippen LogP contribution in [0.2, 0.25) is 23.1 Å². The molecule has 0 fully saturated rings. The van der Waals surface area contributed by atoms with Gasteiger partial charge in [0.25, 0.3) is 0 Å². The molecular formula is C14H12Cl2Si. The summed E-state index contributed by atoms with van der Waals surface area (Å²) < 4.78 is 0. The predicted octanol–water partition coefficient (Wildman–Crippen LogP) is 3.80. The highest BCUT2D eigenvalue weighted by molar-refractivity contribution is 7.04. The van der Waals surface area contributed by atoms with Gasteiger partial charge in [0.1, 0.15) is 8.07 Å². The van der Waals surface area contributed by atoms with Gasteiger partial charge in [0.2, 0.25) is 0 Å². The van der Waals surface area contributed by atoms with Gasteiger partial charge in [-0.3, -0.25) is 0 Å². The van der Waals surface area contributed by atoms with E-state index in [0.29, 0.717) is 0 Å². The summed E-state index contributed by atoms with van der Waals surface area (Å²) in [4.78, 5) is 0. The van der Waals surface area contributed by atoms with Gasteiger partial charge in [0.15, 0.2) is 0 Å². The molecule has 2 aromatic carbocycles. The predicted molar refractivity (Wildman–Crippen MR) is 78.6 cm³/mol. The molecule has 1 aliphatic rings. The molecular weight excluding hydrogens is 267 g/mol. The maximum Gasteiger partial charge on any atom is 0.113 e. The largest absolute Gasteiger partial charge is 0.113 e. The number of hydrogen-bond donors (Lipinski definition) is 0. The first-order valence-corrected chi connectivity index (χ1v) is 9.37. The van der Waals surface area contributed by atoms with Gasteiger partial charge in [0.05, 0.1) is 0 Å². The molecule has 0 spiro atoms. The fraction of sp³-hybridized carbons (Fsp3) is 0.143. The molecule has 17 heavy (non-hydrogen) atoms. The molecule has 2 aromatic rings. The van der Waals surface area contributed by atoms with Crippen LogP contribution in [0.4, 0.5) is 0 Å². The monoisotopic (exact) mass is 278 g/mol. The van der Waals surface area contributed by atoms with Gasteiger partial charge in [-0.1, -0.05) is 54.5 Å². The molecule has 0 saturated carbocycles. The molecule has 86 valence electrons. The summed E-state index contributed by atoms with van der Waals surface area (Å²) in [5.41, 5.74) is 2.49. The van der Waals surface area contributed by atoms with Crippen molar-refractivity contribution >= 4 is 41.6 Å². The topological polar surface area (TPSA) is 0 Å². The van der Waals surface area contributed by atoms with Crippen molar-refractivity contribution in [3.8, 4) is 11.1 Å². The first-order valence-electron chi connectivity index (χ1n) is 5.61. The molecule has 0 bridgehead atoms. The lowest BCUT2D eigenvalue weighted by molar-refractivity contribution is 1.70. The average molecular weight is 279 g/mol. The highest BCUT2D eigenvalue weighted by Crippen LogP contribution is 2.34. The second kappa shape index (κ2) is 3.61. The zero-order valence-corrected chi connectivity index (χ0v) is 12.2. The Labute approximate surface area is 112 Å². The number of hydrogen-bond acceptors (Lipinski definition) is 0. The van der Waals surface area contributed by atoms with Crippen LogP contribution in [0.1, 0.15) is 0 Å². The molecule has 0 unspecified atom stereocenters. The van der Waals surface area contributed by atoms with Crippen LogP contribution in [0, 0.1) is 0 Å². The molecule has 0 atom stereocenters. The Morgan fingerprint density at radius 1 is 0.941 bits per heavy atom. The quantitative estimate of drug-likeness (QED) is 0.643. The van der Waals surface area contributed by atoms with Crippen LogP contribution in [-0.2, 0) is 0 Å². The van der Waals surface area contributed by atoms with Gasteiger partial charge in [-0.15, -0.1) is 0 Å². The molecule has 1 aliphatic heterocycles. The molecule has 0 nitrogen and oxygen atoms in total. The summed E-state index contributed by atoms with van der Waals surface area (Å²) >= 11 is 12.5. The summed E-state index contributed by atoms with van der Waals surface area (Å²) in [5, 5.41) is 4.48. The summed E-state index contributed by atoms with van der Waals surface area (Å²) in [6.45, 7) is 4.70. The lowest BCUT2D eigenvalue weighted by atomic mass is 10.1. The highest BCUT2D eigenvalue weighted by atomic mass is 35.5. The first kappa shape index (κ1) is 11.3. The van der Waals surface area contributed by atoms with Crippen molar-refractivity contribution in [3.63, 3.8) is 0 Å². The molecule has 0 N–H and O–H groups in total. The van der Waals surface area contributed by atoms with Gasteiger partial charge in [-0.25, -0.2) is 0 Å². The Balaban J connectivity index is 2.43. The average Bonchev–Trinajstić information content (AvgIpc) is 2.50. The van der Waals surface area contributed by atoms with E-state index < -0.39 is 8.07 Å². The van der Waals surface area contributed by atoms with Crippen molar-refractivity contribution in [3.05, 3.63) is 46.4 Å². The molecule has 1 heterocycles. The highest BCUT2D eigenvalue weighted by Gasteiger charge is 2.38. The van der Waals surface area contributed by atoms with Crippen LogP contribution in [-0.4, -0.2) is 8.07 Å². The molecule has 0 radical (unpaired) electrons. The maximum absolute atomic E-state index is 6.35. The number of fused-ring (bicyclic) bond motifs is 3. The molecule has 0 aliphatic carbocycles. The van der Waals surface area contributed by atoms with Crippen LogP contribution in [0.5, 0.6) is 0 Å². The minimum atomic E-state index is -1.61. The summed E-state index contributed by atoms with van der Waals surface area (Å²) in [6, 6.07) is 12.4. The van der Waals surface area contributed by atoms with E-state index in [0.717, 1.165) is 10.0 Å². The van der Waals surface area contributed by atoms with Crippen molar-refractivity contribution in [2.24, 2.45) is 0 Å². The Morgan fingerprint density at radius 3 is 2.47 bits per heavy atom. The number of rotatable bonds is 0. The van der Waals surface area contributed by atoms with Gasteiger partial charge < -0.3 is 0 Å². The Hall–Kier alpha value is -0.763. The third-order valence-corrected chi connectivity index (χ3v) is 7.69. The summed E-state index contributed by atoms with van der Waals surface area (Å²) in [7, 11) is -1.61. The van der Waals surface area contributed by atoms with Crippen LogP contribution in [0.3, 0.4) is 0 Å². The van der Waals surface area contributed by atoms with Crippen LogP contribution < -0.4 is 10.4 Å². The normalized spacial score (nSPS) is 15.5. The SMILES string of the molecule is C[Si]1(C)c2cc(Cl)ccc2-c2c(Cl)cccc21. The van der Waals surface area contributed by atoms with E-state index in [1.165, 1.54) is 21.5 Å². The van der Waals surface area contributed by atoms with E-state index in [1.807, 2.05) is 18.2 Å². The number of benzene rings is 2. The smallest absolute Gasteiger partial charge is 0.0843 e. The second-order valence-electron chi connectivity index (χ2n) is 4.98. The lowest BCUT2D eigenvalue weighted by Crippen LogP contribution is -2.49. The molecule has 3 rings (SSSR count). The van der Waals surface area contributed by atoms with E-state index >= 15 is 0 Å². The van der Waals surface area contributed by atoms with Crippen molar-refractivity contribution in [1.82, 2.24) is 0 Å². The molecule has 0 aromatic heterocycles. The van der Waals surface area contributed by atoms with E-state index in [-0.39, 0.29) is 0 Å². The van der Waals surface area contributed by atoms with Gasteiger partial charge in [-0.2, -0.15) is 0 Å². The van der Waals surface area contributed by atoms with E-state index in [2.05, 4.69) is 31.3 Å². The second-order valence-corrected chi connectivity index (χ2v) is 10.1. The lowest BCUT2D eigenvalue weighted by Gasteiger charge is -2.18. The third-order valence-electron chi connectivity index (χ3n) is 3.61. The van der Waals surface area contributed by atoms with Gasteiger partial charge in [0, 0.05) is 10.0 Å². The molecule has 0 saturated heterocycles. The van der Waals surface area contributed by atoms with E-state index in [4.69, 9.17) is 23.2 Å². The van der Waals surface area contributed by atoms with E-state index in [1.54, 1.807) is 0 Å². The van der Waals surface area contributed by atoms with Gasteiger partial charge in [-0.05, 0) is 39.7 Å². The molecule has 0 amide bonds. The van der Waals surface area contributed by atoms with E-state index in [9.17, 15) is 0 Å². The minimum Gasteiger partial charge on any atom is -0.0843 e. The summed E-state index contributed by atoms with van der Waals surface area (Å²) in [6.07, 6.45) is 0. The Bertz CT molecular complexity index is 618. The Kier molecular flexibility index (Phi) is 2.41. The summed E-state index contributed by atoms with van der Waals surface area (Å²) in [5.74, 6) is 0. The standard InChI is InChI=1S/C14H12Cl2Si/c1-17(2)12-5-3-4-11(16)14(12)10-7-6-9(15)8-13(10)17/h3-8H,1-2H3. The van der Waals surface area contributed by atoms with Gasteiger partial charge >= 0.3 is 0 Å². The van der Waals surface area contributed by atoms with Crippen molar-refractivity contribution < 1.29 is 0 Å². The zero-order chi connectivity index (χ0) is 12.2. The fourth-order valence-electron chi connectivity index (χ4n) is 2.72. The third kappa shape index (κ3) is 1.50.